The van der Waals surface area contributed by atoms with Crippen LogP contribution in [0.2, 0.25) is 0 Å². The standard InChI is InChI=1S/C11H12O3/c12-6-10(1-2-10)11-5-7(11)8-9(11)14-4-3-13-8/h6-7H,1-5H2/t7-,11?/m0/s1. The summed E-state index contributed by atoms with van der Waals surface area (Å²) in [5.41, 5.74) is 0.0434. The van der Waals surface area contributed by atoms with E-state index in [4.69, 9.17) is 9.47 Å². The van der Waals surface area contributed by atoms with Crippen LogP contribution in [0.3, 0.4) is 0 Å². The Morgan fingerprint density at radius 2 is 2.07 bits per heavy atom. The number of carbonyl (C=O) groups excluding carboxylic acids is 1. The van der Waals surface area contributed by atoms with E-state index in [9.17, 15) is 4.79 Å². The lowest BCUT2D eigenvalue weighted by molar-refractivity contribution is -0.116. The summed E-state index contributed by atoms with van der Waals surface area (Å²) in [4.78, 5) is 11.1. The van der Waals surface area contributed by atoms with Gasteiger partial charge in [0.05, 0.1) is 5.41 Å². The molecular weight excluding hydrogens is 180 g/mol. The predicted molar refractivity (Wildman–Crippen MR) is 47.2 cm³/mol. The molecule has 1 unspecified atom stereocenters. The van der Waals surface area contributed by atoms with Crippen molar-refractivity contribution in [3.8, 4) is 0 Å². The van der Waals surface area contributed by atoms with Crippen LogP contribution in [0.15, 0.2) is 11.5 Å². The Hall–Kier alpha value is -0.990. The molecule has 1 heterocycles. The second-order valence-electron chi connectivity index (χ2n) is 4.89. The third kappa shape index (κ3) is 0.521. The van der Waals surface area contributed by atoms with Crippen LogP contribution in [-0.2, 0) is 14.3 Å². The Bertz CT molecular complexity index is 367. The van der Waals surface area contributed by atoms with Crippen LogP contribution in [0.4, 0.5) is 0 Å². The van der Waals surface area contributed by atoms with E-state index in [2.05, 4.69) is 0 Å². The van der Waals surface area contributed by atoms with Crippen LogP contribution in [0.1, 0.15) is 19.3 Å². The molecule has 0 N–H and O–H groups in total. The average molecular weight is 192 g/mol. The van der Waals surface area contributed by atoms with Gasteiger partial charge in [-0.25, -0.2) is 0 Å². The maximum atomic E-state index is 11.1. The summed E-state index contributed by atoms with van der Waals surface area (Å²) < 4.78 is 11.2. The molecule has 3 heteroatoms. The van der Waals surface area contributed by atoms with E-state index in [1.54, 1.807) is 0 Å². The second-order valence-corrected chi connectivity index (χ2v) is 4.89. The third-order valence-electron chi connectivity index (χ3n) is 4.40. The molecule has 0 radical (unpaired) electrons. The van der Waals surface area contributed by atoms with E-state index in [1.165, 1.54) is 0 Å². The Labute approximate surface area is 82.1 Å². The maximum Gasteiger partial charge on any atom is 0.142 e. The molecule has 0 aromatic heterocycles. The summed E-state index contributed by atoms with van der Waals surface area (Å²) in [5.74, 6) is 2.60. The molecule has 0 spiro atoms. The minimum Gasteiger partial charge on any atom is -0.491 e. The number of carbonyl (C=O) groups is 1. The highest BCUT2D eigenvalue weighted by atomic mass is 16.6. The summed E-state index contributed by atoms with van der Waals surface area (Å²) in [7, 11) is 0. The summed E-state index contributed by atoms with van der Waals surface area (Å²) >= 11 is 0. The lowest BCUT2D eigenvalue weighted by atomic mass is 9.75. The summed E-state index contributed by atoms with van der Waals surface area (Å²) in [6, 6.07) is 0. The van der Waals surface area contributed by atoms with Crippen molar-refractivity contribution in [1.82, 2.24) is 0 Å². The fraction of sp³-hybridized carbons (Fsp3) is 0.727. The van der Waals surface area contributed by atoms with Gasteiger partial charge in [0, 0.05) is 11.3 Å². The van der Waals surface area contributed by atoms with Crippen molar-refractivity contribution in [2.75, 3.05) is 13.2 Å². The first kappa shape index (κ1) is 7.32. The zero-order valence-corrected chi connectivity index (χ0v) is 7.91. The van der Waals surface area contributed by atoms with Gasteiger partial charge in [0.2, 0.25) is 0 Å². The molecule has 0 aromatic rings. The lowest BCUT2D eigenvalue weighted by Crippen LogP contribution is -2.37. The highest BCUT2D eigenvalue weighted by Crippen LogP contribution is 2.83. The monoisotopic (exact) mass is 192 g/mol. The van der Waals surface area contributed by atoms with Gasteiger partial charge in [0.1, 0.15) is 31.0 Å². The third-order valence-corrected chi connectivity index (χ3v) is 4.40. The zero-order valence-electron chi connectivity index (χ0n) is 7.91. The van der Waals surface area contributed by atoms with Gasteiger partial charge < -0.3 is 14.3 Å². The molecule has 0 aromatic carbocycles. The second kappa shape index (κ2) is 1.86. The minimum atomic E-state index is -0.0583. The summed E-state index contributed by atoms with van der Waals surface area (Å²) in [6.45, 7) is 1.34. The molecule has 4 aliphatic rings. The lowest BCUT2D eigenvalue weighted by Gasteiger charge is -2.38. The molecule has 3 aliphatic carbocycles. The molecule has 0 amide bonds. The van der Waals surface area contributed by atoms with Gasteiger partial charge in [0.15, 0.2) is 0 Å². The predicted octanol–water partition coefficient (Wildman–Crippen LogP) is 1.24. The summed E-state index contributed by atoms with van der Waals surface area (Å²) in [6.07, 6.45) is 4.35. The van der Waals surface area contributed by atoms with Crippen LogP contribution in [0.25, 0.3) is 0 Å². The molecule has 0 saturated heterocycles. The number of fused-ring (bicyclic) bond motifs is 3. The van der Waals surface area contributed by atoms with Crippen molar-refractivity contribution in [3.63, 3.8) is 0 Å². The molecular formula is C11H12O3. The van der Waals surface area contributed by atoms with Crippen molar-refractivity contribution in [2.24, 2.45) is 16.7 Å². The Kier molecular flexibility index (Phi) is 0.970. The van der Waals surface area contributed by atoms with Crippen LogP contribution in [0.5, 0.6) is 0 Å². The van der Waals surface area contributed by atoms with E-state index in [0.717, 1.165) is 37.1 Å². The highest BCUT2D eigenvalue weighted by molar-refractivity contribution is 5.71. The molecule has 74 valence electrons. The van der Waals surface area contributed by atoms with Crippen molar-refractivity contribution < 1.29 is 14.3 Å². The number of aldehydes is 1. The van der Waals surface area contributed by atoms with Crippen LogP contribution < -0.4 is 0 Å². The average Bonchev–Trinajstić information content (AvgIpc) is 3.09. The molecule has 2 atom stereocenters. The van der Waals surface area contributed by atoms with E-state index in [0.29, 0.717) is 19.1 Å². The molecule has 14 heavy (non-hydrogen) atoms. The van der Waals surface area contributed by atoms with Gasteiger partial charge in [-0.1, -0.05) is 0 Å². The van der Waals surface area contributed by atoms with Crippen molar-refractivity contribution in [3.05, 3.63) is 11.5 Å². The first-order valence-electron chi connectivity index (χ1n) is 5.31. The zero-order chi connectivity index (χ0) is 9.39. The fourth-order valence-corrected chi connectivity index (χ4v) is 3.37. The first-order chi connectivity index (χ1) is 6.84. The van der Waals surface area contributed by atoms with Crippen molar-refractivity contribution in [2.45, 2.75) is 19.3 Å². The van der Waals surface area contributed by atoms with Gasteiger partial charge in [-0.15, -0.1) is 0 Å². The van der Waals surface area contributed by atoms with Gasteiger partial charge >= 0.3 is 0 Å². The number of hydrogen-bond donors (Lipinski definition) is 0. The number of ether oxygens (including phenoxy) is 2. The highest BCUT2D eigenvalue weighted by Gasteiger charge is 2.82. The molecule has 0 bridgehead atoms. The largest absolute Gasteiger partial charge is 0.491 e. The molecule has 4 rings (SSSR count). The van der Waals surface area contributed by atoms with Crippen LogP contribution >= 0.6 is 0 Å². The van der Waals surface area contributed by atoms with Crippen LogP contribution in [-0.4, -0.2) is 19.5 Å². The van der Waals surface area contributed by atoms with E-state index in [-0.39, 0.29) is 10.8 Å². The van der Waals surface area contributed by atoms with Gasteiger partial charge in [-0.2, -0.15) is 0 Å². The van der Waals surface area contributed by atoms with Gasteiger partial charge in [-0.05, 0) is 19.3 Å². The minimum absolute atomic E-state index is 0.0583. The molecule has 1 aliphatic heterocycles. The fourth-order valence-electron chi connectivity index (χ4n) is 3.37. The van der Waals surface area contributed by atoms with E-state index in [1.807, 2.05) is 0 Å². The van der Waals surface area contributed by atoms with Crippen LogP contribution in [0, 0.1) is 16.7 Å². The quantitative estimate of drug-likeness (QED) is 0.617. The molecule has 3 nitrogen and oxygen atoms in total. The van der Waals surface area contributed by atoms with Gasteiger partial charge in [0.25, 0.3) is 0 Å². The normalized spacial score (nSPS) is 45.0. The Morgan fingerprint density at radius 1 is 1.29 bits per heavy atom. The number of allylic oxidation sites excluding steroid dienone is 2. The smallest absolute Gasteiger partial charge is 0.142 e. The van der Waals surface area contributed by atoms with Crippen molar-refractivity contribution >= 4 is 6.29 Å². The first-order valence-corrected chi connectivity index (χ1v) is 5.31. The molecule has 2 fully saturated rings. The van der Waals surface area contributed by atoms with E-state index < -0.39 is 0 Å². The summed E-state index contributed by atoms with van der Waals surface area (Å²) in [5, 5.41) is 0. The van der Waals surface area contributed by atoms with Crippen molar-refractivity contribution in [1.29, 1.82) is 0 Å². The maximum absolute atomic E-state index is 11.1. The number of rotatable bonds is 2. The Balaban J connectivity index is 1.77. The molecule has 2 saturated carbocycles. The Morgan fingerprint density at radius 3 is 2.79 bits per heavy atom. The SMILES string of the molecule is O=CC1(C23C[C@H]2C2=C3OCCO2)CC1. The number of hydrogen-bond acceptors (Lipinski definition) is 3. The van der Waals surface area contributed by atoms with E-state index >= 15 is 0 Å². The topological polar surface area (TPSA) is 35.5 Å². The van der Waals surface area contributed by atoms with Gasteiger partial charge in [-0.3, -0.25) is 0 Å².